The van der Waals surface area contributed by atoms with Gasteiger partial charge in [-0.1, -0.05) is 12.1 Å². The lowest BCUT2D eigenvalue weighted by atomic mass is 9.76. The molecule has 1 aliphatic heterocycles. The highest BCUT2D eigenvalue weighted by molar-refractivity contribution is 6.31. The van der Waals surface area contributed by atoms with Crippen molar-refractivity contribution in [2.45, 2.75) is 25.0 Å². The van der Waals surface area contributed by atoms with E-state index in [2.05, 4.69) is 0 Å². The number of phenols is 2. The molecule has 2 N–H and O–H groups in total. The van der Waals surface area contributed by atoms with E-state index in [1.165, 1.54) is 13.2 Å². The van der Waals surface area contributed by atoms with Crippen molar-refractivity contribution < 1.29 is 34.0 Å². The van der Waals surface area contributed by atoms with Gasteiger partial charge >= 0.3 is 0 Å². The van der Waals surface area contributed by atoms with Gasteiger partial charge < -0.3 is 24.4 Å². The predicted molar refractivity (Wildman–Crippen MR) is 96.3 cm³/mol. The van der Waals surface area contributed by atoms with E-state index in [1.54, 1.807) is 12.1 Å². The Labute approximate surface area is 160 Å². The van der Waals surface area contributed by atoms with Gasteiger partial charge in [0.15, 0.2) is 11.6 Å². The molecule has 1 fully saturated rings. The smallest absolute Gasteiger partial charge is 0.202 e. The molecule has 1 spiro atoms. The summed E-state index contributed by atoms with van der Waals surface area (Å²) < 4.78 is 16.7. The van der Waals surface area contributed by atoms with Crippen LogP contribution in [0.1, 0.15) is 49.4 Å². The molecule has 2 aliphatic carbocycles. The van der Waals surface area contributed by atoms with Crippen LogP contribution in [0.25, 0.3) is 0 Å². The SMILES string of the molecule is COc1cccc2c1C(=O)c1c(O)c3c(c(O)c1C2=O)CC1(CC3)OCCO1. The number of ketones is 2. The van der Waals surface area contributed by atoms with Gasteiger partial charge in [0.25, 0.3) is 0 Å². The number of aromatic hydroxyl groups is 2. The van der Waals surface area contributed by atoms with Crippen molar-refractivity contribution >= 4 is 11.6 Å². The van der Waals surface area contributed by atoms with Crippen molar-refractivity contribution in [3.63, 3.8) is 0 Å². The number of hydrogen-bond acceptors (Lipinski definition) is 7. The Morgan fingerprint density at radius 3 is 2.36 bits per heavy atom. The molecule has 0 radical (unpaired) electrons. The largest absolute Gasteiger partial charge is 0.507 e. The topological polar surface area (TPSA) is 102 Å². The molecule has 28 heavy (non-hydrogen) atoms. The number of carbonyl (C=O) groups excluding carboxylic acids is 2. The Hall–Kier alpha value is -2.90. The molecule has 5 rings (SSSR count). The highest BCUT2D eigenvalue weighted by atomic mass is 16.7. The molecule has 2 aromatic rings. The molecular formula is C21H18O7. The molecule has 0 unspecified atom stereocenters. The van der Waals surface area contributed by atoms with E-state index in [-0.39, 0.29) is 45.9 Å². The minimum atomic E-state index is -0.853. The second-order valence-corrected chi connectivity index (χ2v) is 7.23. The van der Waals surface area contributed by atoms with E-state index in [1.807, 2.05) is 0 Å². The molecule has 0 amide bonds. The van der Waals surface area contributed by atoms with Crippen molar-refractivity contribution in [3.05, 3.63) is 51.6 Å². The third kappa shape index (κ3) is 2.11. The fourth-order valence-corrected chi connectivity index (χ4v) is 4.53. The molecule has 0 bridgehead atoms. The maximum Gasteiger partial charge on any atom is 0.202 e. The third-order valence-corrected chi connectivity index (χ3v) is 5.85. The van der Waals surface area contributed by atoms with Gasteiger partial charge in [-0.05, 0) is 12.5 Å². The van der Waals surface area contributed by atoms with Crippen LogP contribution in [0.2, 0.25) is 0 Å². The number of benzene rings is 2. The van der Waals surface area contributed by atoms with Crippen molar-refractivity contribution in [2.24, 2.45) is 0 Å². The molecule has 3 aliphatic rings. The fourth-order valence-electron chi connectivity index (χ4n) is 4.53. The van der Waals surface area contributed by atoms with Gasteiger partial charge in [0.2, 0.25) is 5.78 Å². The zero-order chi connectivity index (χ0) is 19.6. The number of carbonyl (C=O) groups is 2. The monoisotopic (exact) mass is 382 g/mol. The molecular weight excluding hydrogens is 364 g/mol. The van der Waals surface area contributed by atoms with Gasteiger partial charge in [-0.15, -0.1) is 0 Å². The van der Waals surface area contributed by atoms with Gasteiger partial charge in [0, 0.05) is 29.5 Å². The molecule has 144 valence electrons. The molecule has 7 heteroatoms. The summed E-state index contributed by atoms with van der Waals surface area (Å²) in [6, 6.07) is 4.71. The Kier molecular flexibility index (Phi) is 3.56. The zero-order valence-corrected chi connectivity index (χ0v) is 15.2. The van der Waals surface area contributed by atoms with Crippen LogP contribution in [-0.2, 0) is 22.3 Å². The summed E-state index contributed by atoms with van der Waals surface area (Å²) in [7, 11) is 1.41. The van der Waals surface area contributed by atoms with Crippen LogP contribution >= 0.6 is 0 Å². The molecule has 0 aromatic heterocycles. The molecule has 2 aromatic carbocycles. The first-order chi connectivity index (χ1) is 13.5. The minimum absolute atomic E-state index is 0.104. The number of methoxy groups -OCH3 is 1. The number of phenolic OH excluding ortho intramolecular Hbond substituents is 2. The number of ether oxygens (including phenoxy) is 3. The maximum absolute atomic E-state index is 13.2. The number of fused-ring (bicyclic) bond motifs is 3. The minimum Gasteiger partial charge on any atom is -0.507 e. The Balaban J connectivity index is 1.75. The first-order valence-corrected chi connectivity index (χ1v) is 9.11. The summed E-state index contributed by atoms with van der Waals surface area (Å²) in [5, 5.41) is 21.9. The lowest BCUT2D eigenvalue weighted by molar-refractivity contribution is -0.164. The first-order valence-electron chi connectivity index (χ1n) is 9.11. The van der Waals surface area contributed by atoms with Gasteiger partial charge in [-0.25, -0.2) is 0 Å². The van der Waals surface area contributed by atoms with E-state index < -0.39 is 17.4 Å². The highest BCUT2D eigenvalue weighted by Crippen LogP contribution is 2.49. The summed E-state index contributed by atoms with van der Waals surface area (Å²) in [6.07, 6.45) is 1.07. The average molecular weight is 382 g/mol. The van der Waals surface area contributed by atoms with Crippen molar-refractivity contribution in [1.29, 1.82) is 0 Å². The van der Waals surface area contributed by atoms with Crippen LogP contribution in [0.5, 0.6) is 17.2 Å². The van der Waals surface area contributed by atoms with Crippen molar-refractivity contribution in [3.8, 4) is 17.2 Å². The lowest BCUT2D eigenvalue weighted by Crippen LogP contribution is -2.37. The van der Waals surface area contributed by atoms with Crippen LogP contribution < -0.4 is 4.74 Å². The van der Waals surface area contributed by atoms with E-state index >= 15 is 0 Å². The summed E-state index contributed by atoms with van der Waals surface area (Å²) >= 11 is 0. The average Bonchev–Trinajstić information content (AvgIpc) is 3.15. The maximum atomic E-state index is 13.2. The predicted octanol–water partition coefficient (Wildman–Crippen LogP) is 2.11. The Morgan fingerprint density at radius 1 is 0.964 bits per heavy atom. The molecule has 0 saturated carbocycles. The summed E-state index contributed by atoms with van der Waals surface area (Å²) in [5.41, 5.74) is 0.772. The second kappa shape index (κ2) is 5.80. The van der Waals surface area contributed by atoms with E-state index in [0.717, 1.165) is 0 Å². The van der Waals surface area contributed by atoms with E-state index in [4.69, 9.17) is 14.2 Å². The molecule has 7 nitrogen and oxygen atoms in total. The first kappa shape index (κ1) is 17.2. The van der Waals surface area contributed by atoms with Crippen molar-refractivity contribution in [1.82, 2.24) is 0 Å². The normalized spacial score (nSPS) is 19.3. The van der Waals surface area contributed by atoms with Crippen LogP contribution in [-0.4, -0.2) is 47.9 Å². The lowest BCUT2D eigenvalue weighted by Gasteiger charge is -2.35. The molecule has 0 atom stereocenters. The molecule has 1 saturated heterocycles. The third-order valence-electron chi connectivity index (χ3n) is 5.85. The summed E-state index contributed by atoms with van der Waals surface area (Å²) in [4.78, 5) is 26.3. The quantitative estimate of drug-likeness (QED) is 0.622. The highest BCUT2D eigenvalue weighted by Gasteiger charge is 2.45. The second-order valence-electron chi connectivity index (χ2n) is 7.23. The Bertz CT molecular complexity index is 1050. The van der Waals surface area contributed by atoms with Crippen molar-refractivity contribution in [2.75, 3.05) is 20.3 Å². The number of hydrogen-bond donors (Lipinski definition) is 2. The number of rotatable bonds is 1. The fraction of sp³-hybridized carbons (Fsp3) is 0.333. The van der Waals surface area contributed by atoms with Crippen LogP contribution in [0.3, 0.4) is 0 Å². The molecule has 1 heterocycles. The van der Waals surface area contributed by atoms with Crippen LogP contribution in [0.15, 0.2) is 18.2 Å². The van der Waals surface area contributed by atoms with E-state index in [9.17, 15) is 19.8 Å². The van der Waals surface area contributed by atoms with Gasteiger partial charge in [-0.2, -0.15) is 0 Å². The van der Waals surface area contributed by atoms with Gasteiger partial charge in [0.1, 0.15) is 17.2 Å². The zero-order valence-electron chi connectivity index (χ0n) is 15.2. The van der Waals surface area contributed by atoms with Crippen LogP contribution in [0.4, 0.5) is 0 Å². The van der Waals surface area contributed by atoms with E-state index in [0.29, 0.717) is 37.2 Å². The Morgan fingerprint density at radius 2 is 1.64 bits per heavy atom. The standard InChI is InChI=1S/C21H18O7/c1-26-13-4-2-3-11-14(13)20(25)16-15(18(11)23)19(24)12-9-21(27-7-8-28-21)6-5-10(12)17(16)22/h2-4,22,24H,5-9H2,1H3. The summed E-state index contributed by atoms with van der Waals surface area (Å²) in [5.74, 6) is -2.20. The van der Waals surface area contributed by atoms with Gasteiger partial charge in [0.05, 0.1) is 37.0 Å². The van der Waals surface area contributed by atoms with Gasteiger partial charge in [-0.3, -0.25) is 9.59 Å². The summed E-state index contributed by atoms with van der Waals surface area (Å²) in [6.45, 7) is 0.912. The van der Waals surface area contributed by atoms with Crippen LogP contribution in [0, 0.1) is 0 Å².